The van der Waals surface area contributed by atoms with Crippen LogP contribution in [0.4, 0.5) is 15.9 Å². The summed E-state index contributed by atoms with van der Waals surface area (Å²) < 4.78 is 27.3. The van der Waals surface area contributed by atoms with Crippen LogP contribution in [0.2, 0.25) is 0 Å². The fourth-order valence-corrected chi connectivity index (χ4v) is 8.21. The van der Waals surface area contributed by atoms with Gasteiger partial charge >= 0.3 is 5.97 Å². The number of hydrogen-bond donors (Lipinski definition) is 2. The molecular formula is C35H45FN4O5. The molecule has 3 fully saturated rings. The van der Waals surface area contributed by atoms with Gasteiger partial charge in [-0.15, -0.1) is 0 Å². The highest BCUT2D eigenvalue weighted by Gasteiger charge is 2.62. The second-order valence-electron chi connectivity index (χ2n) is 13.6. The highest BCUT2D eigenvalue weighted by Crippen LogP contribution is 2.61. The number of fused-ring (bicyclic) bond motifs is 3. The summed E-state index contributed by atoms with van der Waals surface area (Å²) in [4.78, 5) is 35.1. The van der Waals surface area contributed by atoms with Crippen molar-refractivity contribution in [2.24, 2.45) is 0 Å². The minimum Gasteiger partial charge on any atom is -0.480 e. The van der Waals surface area contributed by atoms with Crippen molar-refractivity contribution in [1.82, 2.24) is 9.88 Å². The lowest BCUT2D eigenvalue weighted by atomic mass is 9.88. The maximum atomic E-state index is 15.6. The molecule has 45 heavy (non-hydrogen) atoms. The second-order valence-corrected chi connectivity index (χ2v) is 13.6. The van der Waals surface area contributed by atoms with E-state index in [0.29, 0.717) is 62.3 Å². The SMILES string of the molecule is CN([C@H]1CC[C@H](OCCCCc2ccc3c(n2)NCCC3)C1)[C@@H](C(=O)O)c1ccc(F)c2c1C1(CC1)C(=O)N2C1CCOCC1. The van der Waals surface area contributed by atoms with Gasteiger partial charge in [0.15, 0.2) is 0 Å². The smallest absolute Gasteiger partial charge is 0.325 e. The molecule has 2 saturated carbocycles. The third kappa shape index (κ3) is 5.74. The van der Waals surface area contributed by atoms with Crippen LogP contribution in [0, 0.1) is 5.82 Å². The molecule has 3 atom stereocenters. The molecule has 2 aromatic rings. The van der Waals surface area contributed by atoms with Gasteiger partial charge in [0.1, 0.15) is 17.7 Å². The van der Waals surface area contributed by atoms with Crippen LogP contribution in [0.1, 0.15) is 92.6 Å². The van der Waals surface area contributed by atoms with E-state index in [0.717, 1.165) is 69.4 Å². The topological polar surface area (TPSA) is 104 Å². The van der Waals surface area contributed by atoms with E-state index in [-0.39, 0.29) is 24.1 Å². The first-order valence-corrected chi connectivity index (χ1v) is 16.9. The van der Waals surface area contributed by atoms with Crippen molar-refractivity contribution in [3.8, 4) is 0 Å². The number of aryl methyl sites for hydroxylation is 2. The van der Waals surface area contributed by atoms with Crippen LogP contribution in [-0.4, -0.2) is 78.5 Å². The number of carbonyl (C=O) groups is 2. The van der Waals surface area contributed by atoms with Crippen LogP contribution in [0.5, 0.6) is 0 Å². The van der Waals surface area contributed by atoms with Crippen molar-refractivity contribution in [2.75, 3.05) is 43.6 Å². The van der Waals surface area contributed by atoms with Gasteiger partial charge in [-0.25, -0.2) is 9.37 Å². The Bertz CT molecular complexity index is 1440. The lowest BCUT2D eigenvalue weighted by Gasteiger charge is -2.33. The summed E-state index contributed by atoms with van der Waals surface area (Å²) in [6.45, 7) is 2.73. The van der Waals surface area contributed by atoms with Gasteiger partial charge in [-0.1, -0.05) is 12.1 Å². The molecule has 3 aliphatic heterocycles. The van der Waals surface area contributed by atoms with Gasteiger partial charge < -0.3 is 24.8 Å². The molecule has 242 valence electrons. The van der Waals surface area contributed by atoms with E-state index in [1.54, 1.807) is 11.0 Å². The Balaban J connectivity index is 0.992. The Labute approximate surface area is 264 Å². The molecule has 9 nitrogen and oxygen atoms in total. The second kappa shape index (κ2) is 12.6. The largest absolute Gasteiger partial charge is 0.480 e. The Morgan fingerprint density at radius 3 is 2.80 bits per heavy atom. The molecule has 7 rings (SSSR count). The maximum absolute atomic E-state index is 15.6. The normalized spacial score (nSPS) is 24.5. The van der Waals surface area contributed by atoms with E-state index in [1.165, 1.54) is 11.6 Å². The number of carbonyl (C=O) groups excluding carboxylic acids is 1. The van der Waals surface area contributed by atoms with Gasteiger partial charge in [0.2, 0.25) is 5.91 Å². The van der Waals surface area contributed by atoms with E-state index >= 15 is 4.39 Å². The maximum Gasteiger partial charge on any atom is 0.325 e. The molecule has 1 spiro atoms. The Morgan fingerprint density at radius 2 is 2.02 bits per heavy atom. The van der Waals surface area contributed by atoms with Crippen molar-refractivity contribution in [3.05, 3.63) is 52.5 Å². The third-order valence-electron chi connectivity index (χ3n) is 10.8. The summed E-state index contributed by atoms with van der Waals surface area (Å²) in [5, 5.41) is 14.0. The number of rotatable bonds is 11. The molecule has 0 bridgehead atoms. The quantitative estimate of drug-likeness (QED) is 0.333. The van der Waals surface area contributed by atoms with E-state index in [2.05, 4.69) is 17.4 Å². The number of aromatic nitrogens is 1. The summed E-state index contributed by atoms with van der Waals surface area (Å²) in [6.07, 6.45) is 10.2. The van der Waals surface area contributed by atoms with Crippen molar-refractivity contribution in [3.63, 3.8) is 0 Å². The number of carboxylic acid groups (broad SMARTS) is 1. The zero-order valence-electron chi connectivity index (χ0n) is 26.2. The number of aliphatic carboxylic acids is 1. The van der Waals surface area contributed by atoms with Gasteiger partial charge in [0.25, 0.3) is 0 Å². The molecule has 1 aromatic heterocycles. The number of unbranched alkanes of at least 4 members (excludes halogenated alkanes) is 1. The number of nitrogens with zero attached hydrogens (tertiary/aromatic N) is 3. The lowest BCUT2D eigenvalue weighted by Crippen LogP contribution is -2.44. The molecule has 1 amide bonds. The van der Waals surface area contributed by atoms with Crippen LogP contribution in [0.15, 0.2) is 24.3 Å². The average Bonchev–Trinajstić information content (AvgIpc) is 3.64. The van der Waals surface area contributed by atoms with Gasteiger partial charge in [-0.05, 0) is 113 Å². The minimum atomic E-state index is -0.977. The number of nitrogens with one attached hydrogen (secondary N) is 1. The summed E-state index contributed by atoms with van der Waals surface area (Å²) >= 11 is 0. The molecule has 2 aliphatic carbocycles. The number of halogens is 1. The number of pyridine rings is 1. The monoisotopic (exact) mass is 620 g/mol. The third-order valence-corrected chi connectivity index (χ3v) is 10.8. The number of hydrogen-bond acceptors (Lipinski definition) is 7. The number of likely N-dealkylation sites (N-methyl/N-ethyl adjacent to an activating group) is 1. The standard InChI is InChI=1S/C35H45FN4O5/c1-39(25-9-10-26(21-25)45-18-3-2-6-23-8-7-22-5-4-17-37-32(22)38-23)30(33(41)42)27-11-12-28(36)31-29(27)35(15-16-35)34(43)40(31)24-13-19-44-20-14-24/h7-8,11-12,24-26,30H,2-6,9-10,13-21H2,1H3,(H,37,38)(H,41,42)/t25-,26-,30+/m0/s1. The first-order valence-electron chi connectivity index (χ1n) is 16.9. The number of benzene rings is 1. The molecule has 5 aliphatic rings. The summed E-state index contributed by atoms with van der Waals surface area (Å²) in [6, 6.07) is 6.23. The van der Waals surface area contributed by atoms with Crippen LogP contribution < -0.4 is 10.2 Å². The van der Waals surface area contributed by atoms with Crippen LogP contribution in [0.25, 0.3) is 0 Å². The molecule has 0 radical (unpaired) electrons. The van der Waals surface area contributed by atoms with E-state index < -0.39 is 23.2 Å². The Hall–Kier alpha value is -3.08. The molecule has 1 aromatic carbocycles. The summed E-state index contributed by atoms with van der Waals surface area (Å²) in [5.41, 5.74) is 3.08. The highest BCUT2D eigenvalue weighted by molar-refractivity contribution is 6.11. The van der Waals surface area contributed by atoms with Crippen LogP contribution in [0.3, 0.4) is 0 Å². The van der Waals surface area contributed by atoms with Crippen molar-refractivity contribution < 1.29 is 28.6 Å². The van der Waals surface area contributed by atoms with E-state index in [9.17, 15) is 14.7 Å². The van der Waals surface area contributed by atoms with Crippen LogP contribution >= 0.6 is 0 Å². The molecule has 1 saturated heterocycles. The minimum absolute atomic E-state index is 0.0165. The Kier molecular flexibility index (Phi) is 8.56. The molecular weight excluding hydrogens is 575 g/mol. The first kappa shape index (κ1) is 30.6. The molecule has 2 N–H and O–H groups in total. The number of amides is 1. The molecule has 0 unspecified atom stereocenters. The van der Waals surface area contributed by atoms with Gasteiger partial charge in [0, 0.05) is 44.1 Å². The van der Waals surface area contributed by atoms with Crippen LogP contribution in [-0.2, 0) is 37.3 Å². The Morgan fingerprint density at radius 1 is 1.20 bits per heavy atom. The predicted molar refractivity (Wildman–Crippen MR) is 168 cm³/mol. The first-order chi connectivity index (χ1) is 21.9. The fraction of sp³-hybridized carbons (Fsp3) is 0.629. The van der Waals surface area contributed by atoms with Gasteiger partial charge in [-0.2, -0.15) is 0 Å². The van der Waals surface area contributed by atoms with Gasteiger partial charge in [0.05, 0.1) is 17.2 Å². The van der Waals surface area contributed by atoms with Gasteiger partial charge in [-0.3, -0.25) is 14.5 Å². The highest BCUT2D eigenvalue weighted by atomic mass is 19.1. The van der Waals surface area contributed by atoms with Crippen molar-refractivity contribution in [2.45, 2.75) is 107 Å². The zero-order chi connectivity index (χ0) is 31.1. The number of ether oxygens (including phenoxy) is 2. The van der Waals surface area contributed by atoms with Crippen molar-refractivity contribution >= 4 is 23.4 Å². The summed E-state index contributed by atoms with van der Waals surface area (Å²) in [5.74, 6) is -0.458. The number of carboxylic acids is 1. The molecule has 4 heterocycles. The number of anilines is 2. The van der Waals surface area contributed by atoms with E-state index in [1.807, 2.05) is 11.9 Å². The predicted octanol–water partition coefficient (Wildman–Crippen LogP) is 5.15. The average molecular weight is 621 g/mol. The van der Waals surface area contributed by atoms with Crippen molar-refractivity contribution in [1.29, 1.82) is 0 Å². The fourth-order valence-electron chi connectivity index (χ4n) is 8.21. The molecule has 10 heteroatoms. The lowest BCUT2D eigenvalue weighted by molar-refractivity contribution is -0.144. The van der Waals surface area contributed by atoms with E-state index in [4.69, 9.17) is 14.5 Å². The summed E-state index contributed by atoms with van der Waals surface area (Å²) in [7, 11) is 1.86. The zero-order valence-corrected chi connectivity index (χ0v) is 26.2.